The highest BCUT2D eigenvalue weighted by Gasteiger charge is 2.21. The molecule has 0 spiro atoms. The van der Waals surface area contributed by atoms with Crippen molar-refractivity contribution >= 4 is 21.3 Å². The topological polar surface area (TPSA) is 64.6 Å². The molecular weight excluding hydrogens is 205 g/mol. The Balaban J connectivity index is 4.01. The Kier molecular flexibility index (Phi) is 4.85. The second-order valence-electron chi connectivity index (χ2n) is 3.65. The number of esters is 1. The summed E-state index contributed by atoms with van der Waals surface area (Å²) in [5.41, 5.74) is -0.579. The quantitative estimate of drug-likeness (QED) is 0.555. The number of ether oxygens (including phenoxy) is 2. The molecule has 14 heavy (non-hydrogen) atoms. The third kappa shape index (κ3) is 5.75. The van der Waals surface area contributed by atoms with Gasteiger partial charge in [0, 0.05) is 0 Å². The van der Waals surface area contributed by atoms with Crippen molar-refractivity contribution < 1.29 is 19.1 Å². The largest absolute Gasteiger partial charge is 0.467 e. The lowest BCUT2D eigenvalue weighted by Gasteiger charge is -2.21. The maximum Gasteiger partial charge on any atom is 0.408 e. The molecule has 1 N–H and O–H groups in total. The summed E-state index contributed by atoms with van der Waals surface area (Å²) < 4.78 is 9.34. The fourth-order valence-corrected chi connectivity index (χ4v) is 0.893. The molecule has 0 saturated carbocycles. The fraction of sp³-hybridized carbons (Fsp3) is 0.750. The van der Waals surface area contributed by atoms with Gasteiger partial charge in [-0.3, -0.25) is 0 Å². The van der Waals surface area contributed by atoms with Gasteiger partial charge in [0.2, 0.25) is 0 Å². The molecule has 2 atom stereocenters. The van der Waals surface area contributed by atoms with Gasteiger partial charge in [-0.2, -0.15) is 0 Å². The van der Waals surface area contributed by atoms with Crippen molar-refractivity contribution in [3.8, 4) is 0 Å². The second kappa shape index (κ2) is 5.15. The van der Waals surface area contributed by atoms with Gasteiger partial charge < -0.3 is 14.8 Å². The van der Waals surface area contributed by atoms with Crippen molar-refractivity contribution in [3.63, 3.8) is 0 Å². The van der Waals surface area contributed by atoms with Crippen molar-refractivity contribution in [1.29, 1.82) is 0 Å². The summed E-state index contributed by atoms with van der Waals surface area (Å²) in [6.07, 6.45) is -0.650. The summed E-state index contributed by atoms with van der Waals surface area (Å²) in [7, 11) is 3.39. The number of hydrogen-bond donors (Lipinski definition) is 1. The molecule has 0 saturated heterocycles. The lowest BCUT2D eigenvalue weighted by Crippen LogP contribution is -2.40. The first-order valence-electron chi connectivity index (χ1n) is 4.09. The highest BCUT2D eigenvalue weighted by molar-refractivity contribution is 7.19. The first-order valence-corrected chi connectivity index (χ1v) is 4.76. The van der Waals surface area contributed by atoms with Crippen LogP contribution in [0, 0.1) is 0 Å². The highest BCUT2D eigenvalue weighted by Crippen LogP contribution is 2.07. The minimum Gasteiger partial charge on any atom is -0.467 e. The van der Waals surface area contributed by atoms with E-state index in [9.17, 15) is 9.59 Å². The summed E-state index contributed by atoms with van der Waals surface area (Å²) in [6.45, 7) is 5.22. The van der Waals surface area contributed by atoms with Crippen LogP contribution in [0.4, 0.5) is 4.79 Å². The Bertz CT molecular complexity index is 224. The molecule has 1 amide bonds. The van der Waals surface area contributed by atoms with E-state index >= 15 is 0 Å². The second-order valence-corrected chi connectivity index (χ2v) is 4.31. The highest BCUT2D eigenvalue weighted by atomic mass is 31.0. The van der Waals surface area contributed by atoms with Gasteiger partial charge in [-0.25, -0.2) is 9.59 Å². The van der Waals surface area contributed by atoms with Crippen LogP contribution in [0.3, 0.4) is 0 Å². The number of amides is 1. The van der Waals surface area contributed by atoms with E-state index in [4.69, 9.17) is 4.74 Å². The fourth-order valence-electron chi connectivity index (χ4n) is 0.620. The van der Waals surface area contributed by atoms with Crippen LogP contribution in [0.1, 0.15) is 20.8 Å². The van der Waals surface area contributed by atoms with Crippen LogP contribution in [0.15, 0.2) is 0 Å². The lowest BCUT2D eigenvalue weighted by atomic mass is 10.2. The molecule has 6 heteroatoms. The van der Waals surface area contributed by atoms with Crippen LogP contribution in [0.5, 0.6) is 0 Å². The summed E-state index contributed by atoms with van der Waals surface area (Å²) in [5.74, 6) is -1.32. The Morgan fingerprint density at radius 1 is 1.36 bits per heavy atom. The minimum absolute atomic E-state index is 0.541. The van der Waals surface area contributed by atoms with Gasteiger partial charge in [-0.1, -0.05) is 0 Å². The smallest absolute Gasteiger partial charge is 0.408 e. The normalized spacial score (nSPS) is 12.9. The first kappa shape index (κ1) is 13.2. The van der Waals surface area contributed by atoms with Crippen LogP contribution in [-0.2, 0) is 14.3 Å². The molecule has 0 aliphatic heterocycles. The molecule has 0 rings (SSSR count). The molecule has 0 bridgehead atoms. The molecule has 0 aliphatic rings. The van der Waals surface area contributed by atoms with Gasteiger partial charge in [-0.05, 0) is 20.8 Å². The van der Waals surface area contributed by atoms with Gasteiger partial charge in [0.05, 0.1) is 7.11 Å². The van der Waals surface area contributed by atoms with Gasteiger partial charge in [0.1, 0.15) is 11.4 Å². The Morgan fingerprint density at radius 2 is 1.86 bits per heavy atom. The molecule has 82 valence electrons. The average Bonchev–Trinajstić information content (AvgIpc) is 1.99. The van der Waals surface area contributed by atoms with Crippen LogP contribution < -0.4 is 5.32 Å². The first-order chi connectivity index (χ1) is 6.26. The van der Waals surface area contributed by atoms with Crippen LogP contribution in [-0.4, -0.2) is 30.6 Å². The van der Waals surface area contributed by atoms with Gasteiger partial charge in [0.15, 0.2) is 0 Å². The molecular formula is C8H16NO4P. The number of alkyl carbamates (subject to hydrolysis) is 1. The number of carbonyl (C=O) groups is 2. The van der Waals surface area contributed by atoms with Gasteiger partial charge >= 0.3 is 12.1 Å². The maximum atomic E-state index is 11.1. The zero-order valence-corrected chi connectivity index (χ0v) is 9.94. The monoisotopic (exact) mass is 221 g/mol. The number of hydrogen-bond acceptors (Lipinski definition) is 4. The zero-order chi connectivity index (χ0) is 11.4. The number of carbonyl (C=O) groups excluding carboxylic acids is 2. The van der Waals surface area contributed by atoms with Crippen molar-refractivity contribution in [2.75, 3.05) is 7.11 Å². The minimum atomic E-state index is -0.783. The Hall–Kier alpha value is -0.830. The molecule has 0 aromatic carbocycles. The Labute approximate surface area is 85.7 Å². The molecule has 5 nitrogen and oxygen atoms in total. The van der Waals surface area contributed by atoms with Crippen LogP contribution in [0.25, 0.3) is 0 Å². The van der Waals surface area contributed by atoms with Crippen molar-refractivity contribution in [1.82, 2.24) is 5.32 Å². The van der Waals surface area contributed by atoms with Crippen molar-refractivity contribution in [2.45, 2.75) is 32.2 Å². The Morgan fingerprint density at radius 3 is 2.21 bits per heavy atom. The molecule has 0 radical (unpaired) electrons. The van der Waals surface area contributed by atoms with E-state index < -0.39 is 23.4 Å². The third-order valence-electron chi connectivity index (χ3n) is 1.13. The van der Waals surface area contributed by atoms with E-state index in [1.807, 2.05) is 0 Å². The SMILES string of the molecule is COC(=O)C(P)NC(=O)OC(C)(C)C. The number of rotatable bonds is 2. The maximum absolute atomic E-state index is 11.1. The van der Waals surface area contributed by atoms with E-state index in [1.54, 1.807) is 20.8 Å². The summed E-state index contributed by atoms with van der Waals surface area (Å²) in [5, 5.41) is 2.31. The third-order valence-corrected chi connectivity index (χ3v) is 1.57. The predicted octanol–water partition coefficient (Wildman–Crippen LogP) is 0.885. The van der Waals surface area contributed by atoms with Gasteiger partial charge in [-0.15, -0.1) is 9.24 Å². The van der Waals surface area contributed by atoms with Gasteiger partial charge in [0.25, 0.3) is 0 Å². The van der Waals surface area contributed by atoms with Crippen LogP contribution in [0.2, 0.25) is 0 Å². The van der Waals surface area contributed by atoms with Crippen molar-refractivity contribution in [2.24, 2.45) is 0 Å². The summed E-state index contributed by atoms with van der Waals surface area (Å²) in [6, 6.07) is 0. The number of nitrogens with one attached hydrogen (secondary N) is 1. The average molecular weight is 221 g/mol. The van der Waals surface area contributed by atoms with E-state index in [-0.39, 0.29) is 0 Å². The lowest BCUT2D eigenvalue weighted by molar-refractivity contribution is -0.140. The number of methoxy groups -OCH3 is 1. The zero-order valence-electron chi connectivity index (χ0n) is 8.79. The molecule has 0 heterocycles. The molecule has 2 unspecified atom stereocenters. The molecule has 0 fully saturated rings. The summed E-state index contributed by atoms with van der Waals surface area (Å²) in [4.78, 5) is 22.0. The van der Waals surface area contributed by atoms with E-state index in [1.165, 1.54) is 7.11 Å². The van der Waals surface area contributed by atoms with Crippen LogP contribution >= 0.6 is 9.24 Å². The molecule has 0 aromatic heterocycles. The van der Waals surface area contributed by atoms with E-state index in [0.717, 1.165) is 0 Å². The van der Waals surface area contributed by atoms with Crippen molar-refractivity contribution in [3.05, 3.63) is 0 Å². The van der Waals surface area contributed by atoms with E-state index in [0.29, 0.717) is 0 Å². The van der Waals surface area contributed by atoms with E-state index in [2.05, 4.69) is 19.3 Å². The molecule has 0 aliphatic carbocycles. The molecule has 0 aromatic rings. The standard InChI is InChI=1S/C8H16NO4P/c1-8(2,3)13-7(11)9-5(14)6(10)12-4/h5H,14H2,1-4H3,(H,9,11). The summed E-state index contributed by atoms with van der Waals surface area (Å²) >= 11 is 0. The predicted molar refractivity (Wildman–Crippen MR) is 54.9 cm³/mol.